The van der Waals surface area contributed by atoms with Crippen molar-refractivity contribution < 1.29 is 14.6 Å². The van der Waals surface area contributed by atoms with Crippen molar-refractivity contribution in [3.63, 3.8) is 0 Å². The molecule has 1 unspecified atom stereocenters. The summed E-state index contributed by atoms with van der Waals surface area (Å²) in [5.74, 6) is -0.00381. The first-order valence-corrected chi connectivity index (χ1v) is 6.32. The third-order valence-electron chi connectivity index (χ3n) is 2.83. The maximum atomic E-state index is 11.5. The quantitative estimate of drug-likeness (QED) is 0.553. The van der Waals surface area contributed by atoms with Gasteiger partial charge in [0, 0.05) is 32.0 Å². The summed E-state index contributed by atoms with van der Waals surface area (Å²) >= 11 is 0. The molecule has 1 atom stereocenters. The van der Waals surface area contributed by atoms with E-state index in [0.29, 0.717) is 38.6 Å². The van der Waals surface area contributed by atoms with E-state index in [2.05, 4.69) is 24.5 Å². The fourth-order valence-corrected chi connectivity index (χ4v) is 1.73. The van der Waals surface area contributed by atoms with Crippen molar-refractivity contribution in [3.8, 4) is 0 Å². The lowest BCUT2D eigenvalue weighted by Crippen LogP contribution is -2.43. The summed E-state index contributed by atoms with van der Waals surface area (Å²) in [4.78, 5) is 11.5. The van der Waals surface area contributed by atoms with E-state index < -0.39 is 5.60 Å². The molecular weight excluding hydrogens is 220 g/mol. The SMILES string of the molecule is CC(C)NCCCC(=O)NCC1(O)CCOC1. The van der Waals surface area contributed by atoms with E-state index in [1.165, 1.54) is 0 Å². The van der Waals surface area contributed by atoms with Gasteiger partial charge in [-0.15, -0.1) is 0 Å². The topological polar surface area (TPSA) is 70.6 Å². The fraction of sp³-hybridized carbons (Fsp3) is 0.917. The number of hydrogen-bond acceptors (Lipinski definition) is 4. The van der Waals surface area contributed by atoms with E-state index in [-0.39, 0.29) is 5.91 Å². The molecule has 0 aromatic carbocycles. The summed E-state index contributed by atoms with van der Waals surface area (Å²) in [6, 6.07) is 0.453. The van der Waals surface area contributed by atoms with Crippen molar-refractivity contribution in [1.82, 2.24) is 10.6 Å². The van der Waals surface area contributed by atoms with Crippen LogP contribution in [0.15, 0.2) is 0 Å². The lowest BCUT2D eigenvalue weighted by molar-refractivity contribution is -0.122. The maximum Gasteiger partial charge on any atom is 0.220 e. The summed E-state index contributed by atoms with van der Waals surface area (Å²) in [6.07, 6.45) is 1.91. The van der Waals surface area contributed by atoms with Gasteiger partial charge in [0.25, 0.3) is 0 Å². The highest BCUT2D eigenvalue weighted by Crippen LogP contribution is 2.16. The number of aliphatic hydroxyl groups is 1. The third-order valence-corrected chi connectivity index (χ3v) is 2.83. The predicted molar refractivity (Wildman–Crippen MR) is 65.8 cm³/mol. The van der Waals surface area contributed by atoms with Gasteiger partial charge in [-0.05, 0) is 13.0 Å². The Morgan fingerprint density at radius 2 is 2.29 bits per heavy atom. The van der Waals surface area contributed by atoms with Crippen LogP contribution in [0.3, 0.4) is 0 Å². The van der Waals surface area contributed by atoms with E-state index in [1.807, 2.05) is 0 Å². The lowest BCUT2D eigenvalue weighted by atomic mass is 10.0. The monoisotopic (exact) mass is 244 g/mol. The standard InChI is InChI=1S/C12H24N2O3/c1-10(2)13-6-3-4-11(15)14-8-12(16)5-7-17-9-12/h10,13,16H,3-9H2,1-2H3,(H,14,15). The second-order valence-electron chi connectivity index (χ2n) is 5.02. The molecule has 1 saturated heterocycles. The van der Waals surface area contributed by atoms with E-state index in [4.69, 9.17) is 4.74 Å². The molecule has 0 aromatic rings. The van der Waals surface area contributed by atoms with Gasteiger partial charge in [-0.3, -0.25) is 4.79 Å². The highest BCUT2D eigenvalue weighted by atomic mass is 16.5. The molecule has 100 valence electrons. The van der Waals surface area contributed by atoms with Gasteiger partial charge in [-0.25, -0.2) is 0 Å². The molecule has 1 aliphatic heterocycles. The second kappa shape index (κ2) is 6.93. The molecule has 3 N–H and O–H groups in total. The summed E-state index contributed by atoms with van der Waals surface area (Å²) in [5.41, 5.74) is -0.855. The predicted octanol–water partition coefficient (Wildman–Crippen LogP) is 0.0322. The Balaban J connectivity index is 2.05. The highest BCUT2D eigenvalue weighted by molar-refractivity contribution is 5.75. The van der Waals surface area contributed by atoms with E-state index >= 15 is 0 Å². The molecule has 1 amide bonds. The average Bonchev–Trinajstić information content (AvgIpc) is 2.69. The minimum Gasteiger partial charge on any atom is -0.386 e. The molecule has 0 spiro atoms. The van der Waals surface area contributed by atoms with Gasteiger partial charge in [0.05, 0.1) is 6.61 Å². The molecule has 0 saturated carbocycles. The van der Waals surface area contributed by atoms with Gasteiger partial charge in [-0.1, -0.05) is 13.8 Å². The lowest BCUT2D eigenvalue weighted by Gasteiger charge is -2.20. The van der Waals surface area contributed by atoms with Crippen molar-refractivity contribution in [2.24, 2.45) is 0 Å². The molecule has 1 aliphatic rings. The number of rotatable bonds is 7. The van der Waals surface area contributed by atoms with Crippen LogP contribution in [-0.2, 0) is 9.53 Å². The minimum absolute atomic E-state index is 0.00381. The second-order valence-corrected chi connectivity index (χ2v) is 5.02. The Morgan fingerprint density at radius 3 is 2.88 bits per heavy atom. The van der Waals surface area contributed by atoms with Crippen molar-refractivity contribution >= 4 is 5.91 Å². The normalized spacial score (nSPS) is 24.2. The first-order chi connectivity index (χ1) is 8.02. The molecule has 1 rings (SSSR count). The number of carbonyl (C=O) groups excluding carboxylic acids is 1. The van der Waals surface area contributed by atoms with Gasteiger partial charge in [0.1, 0.15) is 5.60 Å². The number of carbonyl (C=O) groups is 1. The molecule has 0 aromatic heterocycles. The van der Waals surface area contributed by atoms with Crippen LogP contribution < -0.4 is 10.6 Å². The van der Waals surface area contributed by atoms with Crippen LogP contribution >= 0.6 is 0 Å². The van der Waals surface area contributed by atoms with Crippen LogP contribution in [0.25, 0.3) is 0 Å². The summed E-state index contributed by atoms with van der Waals surface area (Å²) in [5, 5.41) is 15.9. The zero-order valence-corrected chi connectivity index (χ0v) is 10.8. The first-order valence-electron chi connectivity index (χ1n) is 6.32. The average molecular weight is 244 g/mol. The molecule has 17 heavy (non-hydrogen) atoms. The van der Waals surface area contributed by atoms with Crippen LogP contribution in [-0.4, -0.2) is 49.0 Å². The number of ether oxygens (including phenoxy) is 1. The third kappa shape index (κ3) is 6.00. The maximum absolute atomic E-state index is 11.5. The summed E-state index contributed by atoms with van der Waals surface area (Å²) < 4.78 is 5.11. The Labute approximate surface area is 103 Å². The van der Waals surface area contributed by atoms with Gasteiger partial charge in [0.15, 0.2) is 0 Å². The molecule has 1 fully saturated rings. The largest absolute Gasteiger partial charge is 0.386 e. The van der Waals surface area contributed by atoms with Crippen molar-refractivity contribution in [1.29, 1.82) is 0 Å². The molecule has 0 aliphatic carbocycles. The molecule has 0 radical (unpaired) electrons. The molecule has 5 heteroatoms. The van der Waals surface area contributed by atoms with Crippen LogP contribution in [0.5, 0.6) is 0 Å². The van der Waals surface area contributed by atoms with Crippen molar-refractivity contribution in [2.75, 3.05) is 26.3 Å². The first kappa shape index (κ1) is 14.4. The molecular formula is C12H24N2O3. The summed E-state index contributed by atoms with van der Waals surface area (Å²) in [6.45, 7) is 6.19. The van der Waals surface area contributed by atoms with Gasteiger partial charge < -0.3 is 20.5 Å². The van der Waals surface area contributed by atoms with Crippen LogP contribution in [0.1, 0.15) is 33.1 Å². The van der Waals surface area contributed by atoms with Gasteiger partial charge >= 0.3 is 0 Å². The highest BCUT2D eigenvalue weighted by Gasteiger charge is 2.32. The van der Waals surface area contributed by atoms with Gasteiger partial charge in [0.2, 0.25) is 5.91 Å². The van der Waals surface area contributed by atoms with Crippen molar-refractivity contribution in [3.05, 3.63) is 0 Å². The molecule has 1 heterocycles. The Morgan fingerprint density at radius 1 is 1.53 bits per heavy atom. The molecule has 0 bridgehead atoms. The minimum atomic E-state index is -0.855. The zero-order chi connectivity index (χ0) is 12.7. The van der Waals surface area contributed by atoms with Crippen molar-refractivity contribution in [2.45, 2.75) is 44.8 Å². The summed E-state index contributed by atoms with van der Waals surface area (Å²) in [7, 11) is 0. The van der Waals surface area contributed by atoms with Gasteiger partial charge in [-0.2, -0.15) is 0 Å². The molecule has 5 nitrogen and oxygen atoms in total. The number of nitrogens with one attached hydrogen (secondary N) is 2. The van der Waals surface area contributed by atoms with Crippen LogP contribution in [0.4, 0.5) is 0 Å². The smallest absolute Gasteiger partial charge is 0.220 e. The van der Waals surface area contributed by atoms with E-state index in [0.717, 1.165) is 13.0 Å². The fourth-order valence-electron chi connectivity index (χ4n) is 1.73. The Hall–Kier alpha value is -0.650. The Bertz CT molecular complexity index is 238. The number of hydrogen-bond donors (Lipinski definition) is 3. The van der Waals surface area contributed by atoms with Crippen LogP contribution in [0.2, 0.25) is 0 Å². The zero-order valence-electron chi connectivity index (χ0n) is 10.8. The van der Waals surface area contributed by atoms with E-state index in [9.17, 15) is 9.90 Å². The Kier molecular flexibility index (Phi) is 5.88. The van der Waals surface area contributed by atoms with Crippen LogP contribution in [0, 0.1) is 0 Å². The van der Waals surface area contributed by atoms with E-state index in [1.54, 1.807) is 0 Å². The number of amides is 1.